The van der Waals surface area contributed by atoms with Gasteiger partial charge in [0.2, 0.25) is 0 Å². The van der Waals surface area contributed by atoms with Gasteiger partial charge in [0.25, 0.3) is 0 Å². The molecule has 2 nitrogen and oxygen atoms in total. The van der Waals surface area contributed by atoms with Crippen molar-refractivity contribution >= 4 is 5.71 Å². The fraction of sp³-hybridized carbons (Fsp3) is 0.300. The average molecular weight is 163 g/mol. The highest BCUT2D eigenvalue weighted by molar-refractivity contribution is 5.81. The van der Waals surface area contributed by atoms with E-state index >= 15 is 0 Å². The topological polar surface area (TPSA) is 32.6 Å². The molecule has 1 aliphatic carbocycles. The Balaban J connectivity index is 2.53. The van der Waals surface area contributed by atoms with Gasteiger partial charge in [-0.05, 0) is 13.3 Å². The summed E-state index contributed by atoms with van der Waals surface area (Å²) in [4.78, 5) is 0. The lowest BCUT2D eigenvalue weighted by Gasteiger charge is -2.04. The van der Waals surface area contributed by atoms with E-state index in [1.54, 1.807) is 0 Å². The van der Waals surface area contributed by atoms with Crippen LogP contribution in [0.1, 0.15) is 13.3 Å². The molecule has 1 rings (SSSR count). The summed E-state index contributed by atoms with van der Waals surface area (Å²) < 4.78 is 0. The van der Waals surface area contributed by atoms with Crippen molar-refractivity contribution in [2.75, 3.05) is 0 Å². The summed E-state index contributed by atoms with van der Waals surface area (Å²) in [5.41, 5.74) is 0.760. The summed E-state index contributed by atoms with van der Waals surface area (Å²) in [6.45, 7) is 1.82. The van der Waals surface area contributed by atoms with Crippen molar-refractivity contribution in [2.24, 2.45) is 11.1 Å². The quantitative estimate of drug-likeness (QED) is 0.378. The lowest BCUT2D eigenvalue weighted by molar-refractivity contribution is 0.317. The Morgan fingerprint density at radius 3 is 2.33 bits per heavy atom. The SMILES string of the molecule is CC(CC1C=CC=CC=C1)=NO. The van der Waals surface area contributed by atoms with Crippen molar-refractivity contribution in [3.8, 4) is 0 Å². The van der Waals surface area contributed by atoms with E-state index in [2.05, 4.69) is 17.3 Å². The minimum atomic E-state index is 0.357. The van der Waals surface area contributed by atoms with Gasteiger partial charge in [-0.15, -0.1) is 0 Å². The van der Waals surface area contributed by atoms with Crippen LogP contribution in [-0.4, -0.2) is 10.9 Å². The van der Waals surface area contributed by atoms with E-state index in [1.807, 2.05) is 31.2 Å². The number of allylic oxidation sites excluding steroid dienone is 6. The van der Waals surface area contributed by atoms with Gasteiger partial charge in [0.1, 0.15) is 0 Å². The van der Waals surface area contributed by atoms with Crippen LogP contribution in [0.3, 0.4) is 0 Å². The molecule has 64 valence electrons. The number of oxime groups is 1. The molecule has 0 aromatic heterocycles. The molecule has 0 amide bonds. The van der Waals surface area contributed by atoms with Gasteiger partial charge in [-0.1, -0.05) is 41.6 Å². The number of hydrogen-bond donors (Lipinski definition) is 1. The first-order chi connectivity index (χ1) is 5.83. The Morgan fingerprint density at radius 2 is 1.83 bits per heavy atom. The second kappa shape index (κ2) is 4.54. The molecule has 12 heavy (non-hydrogen) atoms. The zero-order valence-electron chi connectivity index (χ0n) is 7.14. The summed E-state index contributed by atoms with van der Waals surface area (Å²) in [5, 5.41) is 11.6. The maximum Gasteiger partial charge on any atom is 0.0549 e. The van der Waals surface area contributed by atoms with Crippen LogP contribution in [0.2, 0.25) is 0 Å². The minimum Gasteiger partial charge on any atom is -0.411 e. The number of nitrogens with zero attached hydrogens (tertiary/aromatic N) is 1. The Morgan fingerprint density at radius 1 is 1.25 bits per heavy atom. The summed E-state index contributed by atoms with van der Waals surface area (Å²) in [6, 6.07) is 0. The fourth-order valence-electron chi connectivity index (χ4n) is 1.12. The van der Waals surface area contributed by atoms with Gasteiger partial charge in [0.05, 0.1) is 5.71 Å². The van der Waals surface area contributed by atoms with Gasteiger partial charge in [-0.3, -0.25) is 0 Å². The van der Waals surface area contributed by atoms with Gasteiger partial charge >= 0.3 is 0 Å². The van der Waals surface area contributed by atoms with Crippen molar-refractivity contribution in [2.45, 2.75) is 13.3 Å². The lowest BCUT2D eigenvalue weighted by atomic mass is 10.0. The van der Waals surface area contributed by atoms with Gasteiger partial charge in [-0.2, -0.15) is 0 Å². The number of rotatable bonds is 2. The van der Waals surface area contributed by atoms with Crippen molar-refractivity contribution in [3.63, 3.8) is 0 Å². The third-order valence-corrected chi connectivity index (χ3v) is 1.75. The summed E-state index contributed by atoms with van der Waals surface area (Å²) >= 11 is 0. The molecule has 0 aromatic carbocycles. The molecule has 0 spiro atoms. The molecule has 0 saturated heterocycles. The second-order valence-electron chi connectivity index (χ2n) is 2.86. The molecule has 0 radical (unpaired) electrons. The largest absolute Gasteiger partial charge is 0.411 e. The van der Waals surface area contributed by atoms with Crippen molar-refractivity contribution < 1.29 is 5.21 Å². The monoisotopic (exact) mass is 163 g/mol. The second-order valence-corrected chi connectivity index (χ2v) is 2.86. The van der Waals surface area contributed by atoms with Gasteiger partial charge in [0.15, 0.2) is 0 Å². The van der Waals surface area contributed by atoms with Crippen molar-refractivity contribution in [1.29, 1.82) is 0 Å². The molecule has 0 atom stereocenters. The third kappa shape index (κ3) is 2.74. The first-order valence-corrected chi connectivity index (χ1v) is 4.02. The van der Waals surface area contributed by atoms with Gasteiger partial charge in [0, 0.05) is 5.92 Å². The van der Waals surface area contributed by atoms with Crippen LogP contribution in [0.5, 0.6) is 0 Å². The fourth-order valence-corrected chi connectivity index (χ4v) is 1.12. The van der Waals surface area contributed by atoms with E-state index in [0.29, 0.717) is 5.92 Å². The molecular formula is C10H13NO. The molecule has 0 unspecified atom stereocenters. The Labute approximate surface area is 72.6 Å². The van der Waals surface area contributed by atoms with E-state index in [9.17, 15) is 0 Å². The normalized spacial score (nSPS) is 18.2. The molecule has 2 heteroatoms. The van der Waals surface area contributed by atoms with E-state index in [-0.39, 0.29) is 0 Å². The highest BCUT2D eigenvalue weighted by atomic mass is 16.4. The maximum atomic E-state index is 8.46. The minimum absolute atomic E-state index is 0.357. The predicted molar refractivity (Wildman–Crippen MR) is 50.4 cm³/mol. The maximum absolute atomic E-state index is 8.46. The predicted octanol–water partition coefficient (Wildman–Crippen LogP) is 2.53. The first-order valence-electron chi connectivity index (χ1n) is 4.02. The third-order valence-electron chi connectivity index (χ3n) is 1.75. The Hall–Kier alpha value is -1.31. The molecule has 0 fully saturated rings. The average Bonchev–Trinajstić information content (AvgIpc) is 2.33. The summed E-state index contributed by atoms with van der Waals surface area (Å²) in [6.07, 6.45) is 13.0. The van der Waals surface area contributed by atoms with E-state index in [0.717, 1.165) is 12.1 Å². The summed E-state index contributed by atoms with van der Waals surface area (Å²) in [5.74, 6) is 0.357. The van der Waals surface area contributed by atoms with E-state index in [1.165, 1.54) is 0 Å². The highest BCUT2D eigenvalue weighted by Gasteiger charge is 2.02. The molecular weight excluding hydrogens is 150 g/mol. The molecule has 0 aliphatic heterocycles. The van der Waals surface area contributed by atoms with Crippen LogP contribution in [0.25, 0.3) is 0 Å². The van der Waals surface area contributed by atoms with Crippen LogP contribution in [0.4, 0.5) is 0 Å². The zero-order valence-corrected chi connectivity index (χ0v) is 7.14. The van der Waals surface area contributed by atoms with E-state index in [4.69, 9.17) is 5.21 Å². The lowest BCUT2D eigenvalue weighted by Crippen LogP contribution is -2.00. The van der Waals surface area contributed by atoms with E-state index < -0.39 is 0 Å². The molecule has 0 bridgehead atoms. The van der Waals surface area contributed by atoms with Crippen LogP contribution in [-0.2, 0) is 0 Å². The zero-order chi connectivity index (χ0) is 8.81. The first kappa shape index (κ1) is 8.78. The van der Waals surface area contributed by atoms with Crippen molar-refractivity contribution in [1.82, 2.24) is 0 Å². The van der Waals surface area contributed by atoms with Crippen molar-refractivity contribution in [3.05, 3.63) is 36.5 Å². The standard InChI is InChI=1S/C10H13NO/c1-9(11-12)8-10-6-4-2-3-5-7-10/h2-7,10,12H,8H2,1H3. The van der Waals surface area contributed by atoms with Gasteiger partial charge < -0.3 is 5.21 Å². The molecule has 1 aliphatic rings. The highest BCUT2D eigenvalue weighted by Crippen LogP contribution is 2.11. The smallest absolute Gasteiger partial charge is 0.0549 e. The van der Waals surface area contributed by atoms with Crippen LogP contribution < -0.4 is 0 Å². The molecule has 1 N–H and O–H groups in total. The number of hydrogen-bond acceptors (Lipinski definition) is 2. The van der Waals surface area contributed by atoms with Crippen LogP contribution in [0.15, 0.2) is 41.6 Å². The van der Waals surface area contributed by atoms with Crippen LogP contribution >= 0.6 is 0 Å². The summed E-state index contributed by atoms with van der Waals surface area (Å²) in [7, 11) is 0. The van der Waals surface area contributed by atoms with Crippen LogP contribution in [0, 0.1) is 5.92 Å². The Kier molecular flexibility index (Phi) is 3.33. The molecule has 0 aromatic rings. The Bertz CT molecular complexity index is 233. The molecule has 0 heterocycles. The van der Waals surface area contributed by atoms with Gasteiger partial charge in [-0.25, -0.2) is 0 Å². The molecule has 0 saturated carbocycles.